The number of carbonyl (C=O) groups excluding carboxylic acids is 2. The lowest BCUT2D eigenvalue weighted by Gasteiger charge is -2.28. The van der Waals surface area contributed by atoms with Crippen molar-refractivity contribution in [1.29, 1.82) is 0 Å². The molecular formula is C27H28F2N2O7. The number of aromatic hydroxyl groups is 1. The number of aromatic nitrogens is 1. The quantitative estimate of drug-likeness (QED) is 0.379. The van der Waals surface area contributed by atoms with Crippen molar-refractivity contribution in [3.8, 4) is 23.0 Å². The molecule has 0 bridgehead atoms. The Labute approximate surface area is 218 Å². The van der Waals surface area contributed by atoms with Gasteiger partial charge >= 0.3 is 5.97 Å². The summed E-state index contributed by atoms with van der Waals surface area (Å²) in [6.07, 6.45) is 0.263. The number of para-hydroxylation sites is 2. The van der Waals surface area contributed by atoms with Gasteiger partial charge < -0.3 is 29.4 Å². The Kier molecular flexibility index (Phi) is 9.06. The summed E-state index contributed by atoms with van der Waals surface area (Å²) in [6, 6.07) is 8.66. The normalized spacial score (nSPS) is 12.4. The van der Waals surface area contributed by atoms with Gasteiger partial charge in [0, 0.05) is 23.4 Å². The van der Waals surface area contributed by atoms with E-state index >= 15 is 0 Å². The van der Waals surface area contributed by atoms with Crippen LogP contribution < -0.4 is 19.5 Å². The summed E-state index contributed by atoms with van der Waals surface area (Å²) in [4.78, 5) is 29.5. The van der Waals surface area contributed by atoms with E-state index in [1.807, 2.05) is 0 Å². The molecular weight excluding hydrogens is 502 g/mol. The molecule has 0 saturated heterocycles. The minimum Gasteiger partial charge on any atom is -0.503 e. The minimum absolute atomic E-state index is 0.0323. The highest BCUT2D eigenvalue weighted by Gasteiger charge is 2.33. The first-order valence-electron chi connectivity index (χ1n) is 11.5. The Morgan fingerprint density at radius 1 is 0.895 bits per heavy atom. The summed E-state index contributed by atoms with van der Waals surface area (Å²) >= 11 is 0. The zero-order valence-electron chi connectivity index (χ0n) is 21.5. The molecule has 2 atom stereocenters. The van der Waals surface area contributed by atoms with Crippen molar-refractivity contribution in [3.05, 3.63) is 77.1 Å². The second-order valence-corrected chi connectivity index (χ2v) is 8.25. The van der Waals surface area contributed by atoms with E-state index in [0.717, 1.165) is 0 Å². The highest BCUT2D eigenvalue weighted by atomic mass is 19.1. The van der Waals surface area contributed by atoms with Crippen LogP contribution in [-0.4, -0.2) is 55.4 Å². The number of methoxy groups -OCH3 is 3. The molecule has 0 aliphatic heterocycles. The van der Waals surface area contributed by atoms with Gasteiger partial charge in [-0.3, -0.25) is 4.79 Å². The molecule has 0 fully saturated rings. The first kappa shape index (κ1) is 28.2. The molecule has 2 N–H and O–H groups in total. The second kappa shape index (κ2) is 12.2. The zero-order valence-corrected chi connectivity index (χ0v) is 21.5. The van der Waals surface area contributed by atoms with Gasteiger partial charge in [-0.25, -0.2) is 18.6 Å². The predicted molar refractivity (Wildman–Crippen MR) is 133 cm³/mol. The summed E-state index contributed by atoms with van der Waals surface area (Å²) in [5, 5.41) is 12.6. The Bertz CT molecular complexity index is 1270. The molecule has 38 heavy (non-hydrogen) atoms. The summed E-state index contributed by atoms with van der Waals surface area (Å²) < 4.78 is 50.4. The third kappa shape index (κ3) is 5.77. The van der Waals surface area contributed by atoms with Gasteiger partial charge in [0.05, 0.1) is 27.2 Å². The molecule has 1 unspecified atom stereocenters. The molecule has 1 amide bonds. The van der Waals surface area contributed by atoms with E-state index in [1.165, 1.54) is 64.8 Å². The average Bonchev–Trinajstić information content (AvgIpc) is 2.89. The molecule has 0 saturated carbocycles. The monoisotopic (exact) mass is 530 g/mol. The average molecular weight is 531 g/mol. The van der Waals surface area contributed by atoms with Gasteiger partial charge in [0.1, 0.15) is 12.1 Å². The van der Waals surface area contributed by atoms with Crippen LogP contribution in [0.3, 0.4) is 0 Å². The lowest BCUT2D eigenvalue weighted by atomic mass is 9.85. The Hall–Kier alpha value is -4.41. The van der Waals surface area contributed by atoms with Crippen molar-refractivity contribution in [2.45, 2.75) is 31.9 Å². The van der Waals surface area contributed by atoms with Gasteiger partial charge in [0.25, 0.3) is 5.91 Å². The van der Waals surface area contributed by atoms with E-state index in [9.17, 15) is 23.5 Å². The van der Waals surface area contributed by atoms with Crippen molar-refractivity contribution < 1.29 is 42.4 Å². The van der Waals surface area contributed by atoms with Gasteiger partial charge in [0.2, 0.25) is 0 Å². The van der Waals surface area contributed by atoms with Crippen LogP contribution in [0, 0.1) is 11.6 Å². The maximum Gasteiger partial charge on any atom is 0.328 e. The fraction of sp³-hybridized carbons (Fsp3) is 0.296. The molecule has 1 aromatic heterocycles. The third-order valence-electron chi connectivity index (χ3n) is 5.87. The Morgan fingerprint density at radius 3 is 1.95 bits per heavy atom. The number of hydrogen-bond donors (Lipinski definition) is 2. The van der Waals surface area contributed by atoms with Crippen molar-refractivity contribution in [3.63, 3.8) is 0 Å². The number of rotatable bonds is 10. The number of ether oxygens (including phenoxy) is 4. The van der Waals surface area contributed by atoms with Crippen LogP contribution in [0.4, 0.5) is 8.78 Å². The number of pyridine rings is 1. The number of carbonyl (C=O) groups is 2. The summed E-state index contributed by atoms with van der Waals surface area (Å²) in [7, 11) is 3.89. The summed E-state index contributed by atoms with van der Waals surface area (Å²) in [5.41, 5.74) is 0.238. The lowest BCUT2D eigenvalue weighted by Crippen LogP contribution is -2.41. The maximum absolute atomic E-state index is 14.6. The number of esters is 1. The van der Waals surface area contributed by atoms with Gasteiger partial charge in [-0.1, -0.05) is 24.3 Å². The van der Waals surface area contributed by atoms with E-state index < -0.39 is 47.3 Å². The molecule has 3 aromatic rings. The molecule has 2 aromatic carbocycles. The SMILES string of the molecule is COc1ccnc(C(=O)N[C@@H](C)C(=O)OC(C)C(c2cccc(F)c2OC)c2cccc(F)c2OC)c1O. The Balaban J connectivity index is 1.91. The number of halogens is 2. The number of nitrogens with one attached hydrogen (secondary N) is 1. The van der Waals surface area contributed by atoms with Gasteiger partial charge in [0.15, 0.2) is 40.3 Å². The van der Waals surface area contributed by atoms with Crippen LogP contribution in [0.1, 0.15) is 41.4 Å². The molecule has 0 aliphatic rings. The molecule has 11 heteroatoms. The van der Waals surface area contributed by atoms with Crippen molar-refractivity contribution >= 4 is 11.9 Å². The van der Waals surface area contributed by atoms with Crippen LogP contribution in [0.5, 0.6) is 23.0 Å². The summed E-state index contributed by atoms with van der Waals surface area (Å²) in [5.74, 6) is -4.58. The van der Waals surface area contributed by atoms with Gasteiger partial charge in [-0.05, 0) is 26.0 Å². The zero-order chi connectivity index (χ0) is 28.0. The van der Waals surface area contributed by atoms with Crippen molar-refractivity contribution in [1.82, 2.24) is 10.3 Å². The largest absolute Gasteiger partial charge is 0.503 e. The van der Waals surface area contributed by atoms with Gasteiger partial charge in [-0.15, -0.1) is 0 Å². The molecule has 0 radical (unpaired) electrons. The highest BCUT2D eigenvalue weighted by Crippen LogP contribution is 2.41. The number of benzene rings is 2. The van der Waals surface area contributed by atoms with E-state index in [4.69, 9.17) is 18.9 Å². The van der Waals surface area contributed by atoms with Crippen LogP contribution in [0.2, 0.25) is 0 Å². The number of amides is 1. The molecule has 3 rings (SSSR count). The molecule has 0 aliphatic carbocycles. The van der Waals surface area contributed by atoms with E-state index in [2.05, 4.69) is 10.3 Å². The van der Waals surface area contributed by atoms with Gasteiger partial charge in [-0.2, -0.15) is 0 Å². The maximum atomic E-state index is 14.6. The number of nitrogens with zero attached hydrogens (tertiary/aromatic N) is 1. The first-order valence-corrected chi connectivity index (χ1v) is 11.5. The minimum atomic E-state index is -1.18. The predicted octanol–water partition coefficient (Wildman–Crippen LogP) is 3.97. The fourth-order valence-electron chi connectivity index (χ4n) is 4.09. The molecule has 0 spiro atoms. The molecule has 9 nitrogen and oxygen atoms in total. The van der Waals surface area contributed by atoms with E-state index in [0.29, 0.717) is 11.1 Å². The fourth-order valence-corrected chi connectivity index (χ4v) is 4.09. The molecule has 1 heterocycles. The lowest BCUT2D eigenvalue weighted by molar-refractivity contribution is -0.150. The van der Waals surface area contributed by atoms with Crippen molar-refractivity contribution in [2.75, 3.05) is 21.3 Å². The molecule has 202 valence electrons. The van der Waals surface area contributed by atoms with Crippen LogP contribution in [-0.2, 0) is 9.53 Å². The van der Waals surface area contributed by atoms with E-state index in [1.54, 1.807) is 19.1 Å². The Morgan fingerprint density at radius 2 is 1.45 bits per heavy atom. The highest BCUT2D eigenvalue weighted by molar-refractivity contribution is 5.97. The third-order valence-corrected chi connectivity index (χ3v) is 5.87. The standard InChI is InChI=1S/C27H28F2N2O7/c1-14(31-26(33)22-23(32)20(35-3)12-13-30-22)27(34)38-15(2)21(16-8-6-10-18(28)24(16)36-4)17-9-7-11-19(29)25(17)37-5/h6-15,21,32H,1-5H3,(H,31,33)/t14-,15?/m0/s1. The van der Waals surface area contributed by atoms with E-state index in [-0.39, 0.29) is 22.9 Å². The number of hydrogen-bond acceptors (Lipinski definition) is 8. The smallest absolute Gasteiger partial charge is 0.328 e. The topological polar surface area (TPSA) is 116 Å². The van der Waals surface area contributed by atoms with Crippen LogP contribution in [0.25, 0.3) is 0 Å². The second-order valence-electron chi connectivity index (χ2n) is 8.25. The van der Waals surface area contributed by atoms with Crippen LogP contribution >= 0.6 is 0 Å². The summed E-state index contributed by atoms with van der Waals surface area (Å²) in [6.45, 7) is 2.92. The first-order chi connectivity index (χ1) is 18.1. The van der Waals surface area contributed by atoms with Crippen LogP contribution in [0.15, 0.2) is 48.7 Å². The van der Waals surface area contributed by atoms with Crippen molar-refractivity contribution in [2.24, 2.45) is 0 Å².